The number of nitrogens with two attached hydrogens (primary N) is 1. The topological polar surface area (TPSA) is 50.9 Å². The number of hydrogen-bond acceptors (Lipinski definition) is 3. The molecule has 0 saturated heterocycles. The van der Waals surface area contributed by atoms with Gasteiger partial charge in [-0.3, -0.25) is 10.8 Å². The molecule has 1 aromatic heterocycles. The number of aryl methyl sites for hydroxylation is 1. The van der Waals surface area contributed by atoms with Gasteiger partial charge >= 0.3 is 0 Å². The van der Waals surface area contributed by atoms with Crippen molar-refractivity contribution in [2.75, 3.05) is 5.43 Å². The second-order valence-corrected chi connectivity index (χ2v) is 3.42. The third-order valence-electron chi connectivity index (χ3n) is 2.39. The zero-order valence-corrected chi connectivity index (χ0v) is 8.57. The van der Waals surface area contributed by atoms with Gasteiger partial charge in [-0.25, -0.2) is 0 Å². The molecule has 1 aromatic carbocycles. The highest BCUT2D eigenvalue weighted by Gasteiger charge is 2.00. The lowest BCUT2D eigenvalue weighted by Gasteiger charge is -2.07. The van der Waals surface area contributed by atoms with Crippen LogP contribution in [0.4, 0.5) is 5.69 Å². The summed E-state index contributed by atoms with van der Waals surface area (Å²) in [6.45, 7) is 2.02. The maximum absolute atomic E-state index is 5.43. The molecule has 0 aliphatic rings. The van der Waals surface area contributed by atoms with E-state index in [-0.39, 0.29) is 0 Å². The average molecular weight is 199 g/mol. The Balaban J connectivity index is 2.46. The Bertz CT molecular complexity index is 452. The fourth-order valence-electron chi connectivity index (χ4n) is 1.49. The summed E-state index contributed by atoms with van der Waals surface area (Å²) in [4.78, 5) is 4.09. The van der Waals surface area contributed by atoms with Gasteiger partial charge in [0.15, 0.2) is 0 Å². The van der Waals surface area contributed by atoms with E-state index in [1.807, 2.05) is 37.4 Å². The van der Waals surface area contributed by atoms with Gasteiger partial charge in [0.05, 0.1) is 5.69 Å². The molecule has 3 N–H and O–H groups in total. The largest absolute Gasteiger partial charge is 0.324 e. The Morgan fingerprint density at radius 2 is 2.07 bits per heavy atom. The van der Waals surface area contributed by atoms with Crippen LogP contribution < -0.4 is 11.3 Å². The fraction of sp³-hybridized carbons (Fsp3) is 0.0833. The van der Waals surface area contributed by atoms with Crippen LogP contribution >= 0.6 is 0 Å². The first-order chi connectivity index (χ1) is 7.31. The highest BCUT2D eigenvalue weighted by atomic mass is 15.2. The van der Waals surface area contributed by atoms with Gasteiger partial charge in [-0.15, -0.1) is 0 Å². The molecule has 0 aliphatic carbocycles. The smallest absolute Gasteiger partial charge is 0.0520 e. The highest BCUT2D eigenvalue weighted by molar-refractivity contribution is 5.69. The lowest BCUT2D eigenvalue weighted by Crippen LogP contribution is -2.08. The summed E-state index contributed by atoms with van der Waals surface area (Å²) in [6.07, 6.45) is 3.60. The number of aromatic nitrogens is 1. The van der Waals surface area contributed by atoms with Gasteiger partial charge in [0.2, 0.25) is 0 Å². The fourth-order valence-corrected chi connectivity index (χ4v) is 1.49. The van der Waals surface area contributed by atoms with E-state index in [1.165, 1.54) is 0 Å². The molecule has 3 heteroatoms. The molecule has 0 radical (unpaired) electrons. The summed E-state index contributed by atoms with van der Waals surface area (Å²) >= 11 is 0. The number of nitrogen functional groups attached to an aromatic ring is 1. The zero-order chi connectivity index (χ0) is 10.7. The number of anilines is 1. The molecule has 15 heavy (non-hydrogen) atoms. The Morgan fingerprint density at radius 3 is 2.73 bits per heavy atom. The SMILES string of the molecule is Cc1ccc(-c2cccnc2)cc1NN. The summed E-state index contributed by atoms with van der Waals surface area (Å²) in [7, 11) is 0. The summed E-state index contributed by atoms with van der Waals surface area (Å²) in [5.41, 5.74) is 6.96. The van der Waals surface area contributed by atoms with E-state index in [2.05, 4.69) is 16.5 Å². The van der Waals surface area contributed by atoms with Crippen molar-refractivity contribution >= 4 is 5.69 Å². The van der Waals surface area contributed by atoms with Gasteiger partial charge < -0.3 is 5.43 Å². The van der Waals surface area contributed by atoms with Crippen molar-refractivity contribution < 1.29 is 0 Å². The molecular formula is C12H13N3. The van der Waals surface area contributed by atoms with Crippen LogP contribution in [0.2, 0.25) is 0 Å². The maximum Gasteiger partial charge on any atom is 0.0520 e. The normalized spacial score (nSPS) is 10.0. The van der Waals surface area contributed by atoms with E-state index in [4.69, 9.17) is 5.84 Å². The first-order valence-corrected chi connectivity index (χ1v) is 4.79. The molecule has 2 rings (SSSR count). The Morgan fingerprint density at radius 1 is 1.20 bits per heavy atom. The van der Waals surface area contributed by atoms with Crippen LogP contribution in [0.5, 0.6) is 0 Å². The minimum absolute atomic E-state index is 0.941. The van der Waals surface area contributed by atoms with Gasteiger partial charge in [-0.1, -0.05) is 18.2 Å². The predicted octanol–water partition coefficient (Wildman–Crippen LogP) is 2.34. The molecule has 0 aliphatic heterocycles. The van der Waals surface area contributed by atoms with Crippen LogP contribution in [-0.2, 0) is 0 Å². The first kappa shape index (κ1) is 9.68. The van der Waals surface area contributed by atoms with Crippen molar-refractivity contribution in [1.82, 2.24) is 4.98 Å². The molecule has 0 atom stereocenters. The lowest BCUT2D eigenvalue weighted by atomic mass is 10.0. The quantitative estimate of drug-likeness (QED) is 0.576. The monoisotopic (exact) mass is 199 g/mol. The standard InChI is InChI=1S/C12H13N3/c1-9-4-5-10(7-12(9)15-13)11-3-2-6-14-8-11/h2-8,15H,13H2,1H3. The van der Waals surface area contributed by atoms with Crippen molar-refractivity contribution in [3.8, 4) is 11.1 Å². The molecule has 76 valence electrons. The van der Waals surface area contributed by atoms with Crippen LogP contribution in [0.1, 0.15) is 5.56 Å². The average Bonchev–Trinajstić information content (AvgIpc) is 2.31. The van der Waals surface area contributed by atoms with Crippen molar-refractivity contribution in [2.45, 2.75) is 6.92 Å². The zero-order valence-electron chi connectivity index (χ0n) is 8.57. The van der Waals surface area contributed by atoms with Gasteiger partial charge in [-0.2, -0.15) is 0 Å². The van der Waals surface area contributed by atoms with E-state index in [1.54, 1.807) is 6.20 Å². The van der Waals surface area contributed by atoms with Crippen molar-refractivity contribution in [3.63, 3.8) is 0 Å². The molecule has 2 aromatic rings. The minimum atomic E-state index is 0.941. The van der Waals surface area contributed by atoms with Gasteiger partial charge in [0.25, 0.3) is 0 Å². The summed E-state index contributed by atoms with van der Waals surface area (Å²) in [5.74, 6) is 5.43. The van der Waals surface area contributed by atoms with Crippen LogP contribution in [-0.4, -0.2) is 4.98 Å². The van der Waals surface area contributed by atoms with Crippen molar-refractivity contribution in [3.05, 3.63) is 48.3 Å². The van der Waals surface area contributed by atoms with E-state index < -0.39 is 0 Å². The molecule has 0 spiro atoms. The predicted molar refractivity (Wildman–Crippen MR) is 62.2 cm³/mol. The van der Waals surface area contributed by atoms with Crippen LogP contribution in [0.25, 0.3) is 11.1 Å². The number of benzene rings is 1. The van der Waals surface area contributed by atoms with E-state index in [9.17, 15) is 0 Å². The number of hydrogen-bond donors (Lipinski definition) is 2. The highest BCUT2D eigenvalue weighted by Crippen LogP contribution is 2.23. The molecule has 0 amide bonds. The number of hydrazine groups is 1. The van der Waals surface area contributed by atoms with E-state index >= 15 is 0 Å². The maximum atomic E-state index is 5.43. The van der Waals surface area contributed by atoms with E-state index in [0.717, 1.165) is 22.4 Å². The van der Waals surface area contributed by atoms with E-state index in [0.29, 0.717) is 0 Å². The van der Waals surface area contributed by atoms with Crippen molar-refractivity contribution in [2.24, 2.45) is 5.84 Å². The molecule has 3 nitrogen and oxygen atoms in total. The number of rotatable bonds is 2. The molecule has 0 fully saturated rings. The molecule has 0 saturated carbocycles. The van der Waals surface area contributed by atoms with Gasteiger partial charge in [0.1, 0.15) is 0 Å². The Labute approximate surface area is 88.9 Å². The third kappa shape index (κ3) is 1.97. The van der Waals surface area contributed by atoms with Crippen LogP contribution in [0, 0.1) is 6.92 Å². The second kappa shape index (κ2) is 4.11. The molecule has 0 unspecified atom stereocenters. The minimum Gasteiger partial charge on any atom is -0.324 e. The summed E-state index contributed by atoms with van der Waals surface area (Å²) in [5, 5.41) is 0. The second-order valence-electron chi connectivity index (χ2n) is 3.42. The molecule has 1 heterocycles. The van der Waals surface area contributed by atoms with Gasteiger partial charge in [0, 0.05) is 18.0 Å². The lowest BCUT2D eigenvalue weighted by molar-refractivity contribution is 1.30. The van der Waals surface area contributed by atoms with Crippen molar-refractivity contribution in [1.29, 1.82) is 0 Å². The van der Waals surface area contributed by atoms with Crippen LogP contribution in [0.3, 0.4) is 0 Å². The molecule has 0 bridgehead atoms. The first-order valence-electron chi connectivity index (χ1n) is 4.79. The van der Waals surface area contributed by atoms with Gasteiger partial charge in [-0.05, 0) is 30.2 Å². The number of pyridine rings is 1. The summed E-state index contributed by atoms with van der Waals surface area (Å²) < 4.78 is 0. The Kier molecular flexibility index (Phi) is 2.65. The Hall–Kier alpha value is -1.87. The number of nitrogens with one attached hydrogen (secondary N) is 1. The summed E-state index contributed by atoms with van der Waals surface area (Å²) in [6, 6.07) is 10.1. The third-order valence-corrected chi connectivity index (χ3v) is 2.39. The number of nitrogens with zero attached hydrogens (tertiary/aromatic N) is 1. The molecular weight excluding hydrogens is 186 g/mol. The van der Waals surface area contributed by atoms with Crippen LogP contribution in [0.15, 0.2) is 42.7 Å².